The molecule has 2 rings (SSSR count). The molecule has 2 aliphatic carbocycles. The van der Waals surface area contributed by atoms with E-state index in [0.29, 0.717) is 12.3 Å². The molecule has 3 heteroatoms. The zero-order chi connectivity index (χ0) is 7.68. The molecule has 0 radical (unpaired) electrons. The predicted octanol–water partition coefficient (Wildman–Crippen LogP) is 0.908. The predicted molar refractivity (Wildman–Crippen MR) is 42.1 cm³/mol. The van der Waals surface area contributed by atoms with Gasteiger partial charge in [0.25, 0.3) is 0 Å². The van der Waals surface area contributed by atoms with E-state index >= 15 is 0 Å². The molecular weight excluding hydrogens is 140 g/mol. The van der Waals surface area contributed by atoms with Crippen LogP contribution < -0.4 is 5.43 Å². The molecule has 0 aromatic heterocycles. The molecule has 2 bridgehead atoms. The summed E-state index contributed by atoms with van der Waals surface area (Å²) in [7, 11) is 0. The highest BCUT2D eigenvalue weighted by Gasteiger charge is 2.36. The normalized spacial score (nSPS) is 38.0. The summed E-state index contributed by atoms with van der Waals surface area (Å²) >= 11 is 0. The number of hydrazone groups is 1. The van der Waals surface area contributed by atoms with Gasteiger partial charge in [0.15, 0.2) is 0 Å². The second kappa shape index (κ2) is 2.64. The van der Waals surface area contributed by atoms with Gasteiger partial charge < -0.3 is 0 Å². The Kier molecular flexibility index (Phi) is 1.64. The molecule has 1 N–H and O–H groups in total. The van der Waals surface area contributed by atoms with Crippen molar-refractivity contribution < 1.29 is 4.79 Å². The van der Waals surface area contributed by atoms with Crippen molar-refractivity contribution in [3.05, 3.63) is 0 Å². The molecule has 2 atom stereocenters. The summed E-state index contributed by atoms with van der Waals surface area (Å²) < 4.78 is 0. The van der Waals surface area contributed by atoms with E-state index in [0.717, 1.165) is 12.3 Å². The van der Waals surface area contributed by atoms with Gasteiger partial charge in [0, 0.05) is 5.71 Å². The molecule has 0 aromatic rings. The number of nitrogens with one attached hydrogen (secondary N) is 1. The third kappa shape index (κ3) is 1.15. The Labute approximate surface area is 65.9 Å². The average molecular weight is 152 g/mol. The van der Waals surface area contributed by atoms with Crippen molar-refractivity contribution in [1.29, 1.82) is 0 Å². The maximum atomic E-state index is 9.95. The average Bonchev–Trinajstić information content (AvgIpc) is 2.60. The van der Waals surface area contributed by atoms with Crippen molar-refractivity contribution in [1.82, 2.24) is 5.43 Å². The number of carbonyl (C=O) groups excluding carboxylic acids is 1. The molecule has 0 saturated heterocycles. The minimum absolute atomic E-state index is 0.638. The first-order valence-electron chi connectivity index (χ1n) is 4.16. The first-order chi connectivity index (χ1) is 5.40. The van der Waals surface area contributed by atoms with E-state index in [1.807, 2.05) is 0 Å². The van der Waals surface area contributed by atoms with E-state index in [1.165, 1.54) is 25.0 Å². The second-order valence-corrected chi connectivity index (χ2v) is 3.43. The number of amides is 1. The number of hydrogen-bond acceptors (Lipinski definition) is 2. The Hall–Kier alpha value is -0.860. The molecule has 2 unspecified atom stereocenters. The SMILES string of the molecule is O=CNN=C1CC2CCC1C2. The number of nitrogens with zero attached hydrogens (tertiary/aromatic N) is 1. The molecule has 2 saturated carbocycles. The summed E-state index contributed by atoms with van der Waals surface area (Å²) in [5.74, 6) is 1.56. The zero-order valence-electron chi connectivity index (χ0n) is 6.42. The van der Waals surface area contributed by atoms with Crippen LogP contribution >= 0.6 is 0 Å². The number of hydrogen-bond donors (Lipinski definition) is 1. The molecule has 60 valence electrons. The van der Waals surface area contributed by atoms with Crippen LogP contribution in [0.25, 0.3) is 0 Å². The molecule has 3 nitrogen and oxygen atoms in total. The maximum Gasteiger partial charge on any atom is 0.227 e. The van der Waals surface area contributed by atoms with Gasteiger partial charge in [-0.2, -0.15) is 5.10 Å². The highest BCUT2D eigenvalue weighted by atomic mass is 16.1. The van der Waals surface area contributed by atoms with Gasteiger partial charge in [0.1, 0.15) is 0 Å². The molecule has 0 heterocycles. The summed E-state index contributed by atoms with van der Waals surface area (Å²) in [6.07, 6.45) is 5.71. The van der Waals surface area contributed by atoms with E-state index in [2.05, 4.69) is 10.5 Å². The number of rotatable bonds is 2. The van der Waals surface area contributed by atoms with Crippen LogP contribution in [0.15, 0.2) is 5.10 Å². The number of carbonyl (C=O) groups is 1. The quantitative estimate of drug-likeness (QED) is 0.463. The number of fused-ring (bicyclic) bond motifs is 2. The first-order valence-corrected chi connectivity index (χ1v) is 4.16. The van der Waals surface area contributed by atoms with Gasteiger partial charge in [-0.15, -0.1) is 0 Å². The Bertz CT molecular complexity index is 200. The van der Waals surface area contributed by atoms with E-state index in [4.69, 9.17) is 0 Å². The summed E-state index contributed by atoms with van der Waals surface area (Å²) in [6, 6.07) is 0. The molecular formula is C8H12N2O. The van der Waals surface area contributed by atoms with Crippen molar-refractivity contribution in [2.45, 2.75) is 25.7 Å². The van der Waals surface area contributed by atoms with Gasteiger partial charge in [-0.05, 0) is 37.5 Å². The lowest BCUT2D eigenvalue weighted by Gasteiger charge is -2.10. The van der Waals surface area contributed by atoms with Gasteiger partial charge in [-0.3, -0.25) is 4.79 Å². The van der Waals surface area contributed by atoms with Crippen molar-refractivity contribution in [3.8, 4) is 0 Å². The van der Waals surface area contributed by atoms with E-state index in [-0.39, 0.29) is 0 Å². The van der Waals surface area contributed by atoms with Crippen molar-refractivity contribution in [2.24, 2.45) is 16.9 Å². The van der Waals surface area contributed by atoms with Gasteiger partial charge >= 0.3 is 0 Å². The van der Waals surface area contributed by atoms with E-state index < -0.39 is 0 Å². The van der Waals surface area contributed by atoms with Crippen LogP contribution in [0.2, 0.25) is 0 Å². The maximum absolute atomic E-state index is 9.95. The first kappa shape index (κ1) is 6.83. The molecule has 0 aliphatic heterocycles. The van der Waals surface area contributed by atoms with Crippen molar-refractivity contribution in [3.63, 3.8) is 0 Å². The fraction of sp³-hybridized carbons (Fsp3) is 0.750. The topological polar surface area (TPSA) is 41.5 Å². The molecule has 11 heavy (non-hydrogen) atoms. The molecule has 1 amide bonds. The smallest absolute Gasteiger partial charge is 0.227 e. The molecule has 0 spiro atoms. The van der Waals surface area contributed by atoms with Crippen LogP contribution in [0.5, 0.6) is 0 Å². The standard InChI is InChI=1S/C8H12N2O/c11-5-9-10-8-4-6-1-2-7(8)3-6/h5-7H,1-4H2,(H,9,11). The fourth-order valence-electron chi connectivity index (χ4n) is 2.27. The zero-order valence-corrected chi connectivity index (χ0v) is 6.42. The highest BCUT2D eigenvalue weighted by Crippen LogP contribution is 2.42. The Morgan fingerprint density at radius 1 is 1.55 bits per heavy atom. The summed E-state index contributed by atoms with van der Waals surface area (Å²) in [6.45, 7) is 0. The van der Waals surface area contributed by atoms with Crippen LogP contribution in [0.4, 0.5) is 0 Å². The van der Waals surface area contributed by atoms with Crippen LogP contribution in [-0.4, -0.2) is 12.1 Å². The lowest BCUT2D eigenvalue weighted by molar-refractivity contribution is -0.109. The Morgan fingerprint density at radius 3 is 3.00 bits per heavy atom. The summed E-state index contributed by atoms with van der Waals surface area (Å²) in [5.41, 5.74) is 3.60. The minimum atomic E-state index is 0.638. The van der Waals surface area contributed by atoms with Crippen molar-refractivity contribution >= 4 is 12.1 Å². The van der Waals surface area contributed by atoms with Gasteiger partial charge in [-0.25, -0.2) is 5.43 Å². The molecule has 2 aliphatic rings. The Morgan fingerprint density at radius 2 is 2.45 bits per heavy atom. The lowest BCUT2D eigenvalue weighted by atomic mass is 9.99. The van der Waals surface area contributed by atoms with Crippen molar-refractivity contribution in [2.75, 3.05) is 0 Å². The minimum Gasteiger partial charge on any atom is -0.277 e. The highest BCUT2D eigenvalue weighted by molar-refractivity contribution is 5.90. The Balaban J connectivity index is 2.01. The summed E-state index contributed by atoms with van der Waals surface area (Å²) in [5, 5.41) is 4.02. The lowest BCUT2D eigenvalue weighted by Crippen LogP contribution is -2.14. The van der Waals surface area contributed by atoms with Crippen LogP contribution in [-0.2, 0) is 4.79 Å². The fourth-order valence-corrected chi connectivity index (χ4v) is 2.27. The van der Waals surface area contributed by atoms with Gasteiger partial charge in [0.05, 0.1) is 0 Å². The van der Waals surface area contributed by atoms with E-state index in [9.17, 15) is 4.79 Å². The third-order valence-corrected chi connectivity index (χ3v) is 2.77. The van der Waals surface area contributed by atoms with Gasteiger partial charge in [-0.1, -0.05) is 0 Å². The van der Waals surface area contributed by atoms with Crippen LogP contribution in [0.1, 0.15) is 25.7 Å². The third-order valence-electron chi connectivity index (χ3n) is 2.77. The monoisotopic (exact) mass is 152 g/mol. The summed E-state index contributed by atoms with van der Waals surface area (Å²) in [4.78, 5) is 9.95. The largest absolute Gasteiger partial charge is 0.277 e. The van der Waals surface area contributed by atoms with Crippen LogP contribution in [0.3, 0.4) is 0 Å². The molecule has 0 aromatic carbocycles. The second-order valence-electron chi connectivity index (χ2n) is 3.43. The van der Waals surface area contributed by atoms with E-state index in [1.54, 1.807) is 0 Å². The molecule has 2 fully saturated rings. The van der Waals surface area contributed by atoms with Gasteiger partial charge in [0.2, 0.25) is 6.41 Å². The van der Waals surface area contributed by atoms with Crippen LogP contribution in [0, 0.1) is 11.8 Å².